The molecule has 0 aromatic heterocycles. The van der Waals surface area contributed by atoms with Crippen LogP contribution < -0.4 is 10.7 Å². The van der Waals surface area contributed by atoms with Crippen LogP contribution in [0.4, 0.5) is 5.69 Å². The lowest BCUT2D eigenvalue weighted by Crippen LogP contribution is -2.67. The van der Waals surface area contributed by atoms with E-state index in [-0.39, 0.29) is 11.8 Å². The summed E-state index contributed by atoms with van der Waals surface area (Å²) in [5, 5.41) is 3.13. The third-order valence-corrected chi connectivity index (χ3v) is 4.49. The van der Waals surface area contributed by atoms with Crippen LogP contribution in [0.5, 0.6) is 0 Å². The molecular weight excluding hydrogens is 366 g/mol. The molecule has 2 aromatic carbocycles. The molecule has 7 heteroatoms. The number of halogens is 1. The number of hydrazine groups is 1. The second kappa shape index (κ2) is 8.05. The molecule has 3 amide bonds. The van der Waals surface area contributed by atoms with Crippen LogP contribution in [0.3, 0.4) is 0 Å². The van der Waals surface area contributed by atoms with Crippen LogP contribution in [0.1, 0.15) is 22.8 Å². The minimum Gasteiger partial charge on any atom is -0.326 e. The van der Waals surface area contributed by atoms with Gasteiger partial charge in [-0.25, -0.2) is 5.01 Å². The van der Waals surface area contributed by atoms with Crippen LogP contribution in [-0.4, -0.2) is 34.1 Å². The second-order valence-corrected chi connectivity index (χ2v) is 6.54. The maximum absolute atomic E-state index is 12.4. The molecule has 1 fully saturated rings. The molecule has 0 bridgehead atoms. The second-order valence-electron chi connectivity index (χ2n) is 6.07. The fraction of sp³-hybridized carbons (Fsp3) is 0.150. The SMILES string of the molecule is CC(=O)Nc1ccc(C(=O)NN2C(=O)C(Cl)C2/C=C\c2ccccc2)cc1. The highest BCUT2D eigenvalue weighted by Gasteiger charge is 2.45. The van der Waals surface area contributed by atoms with Gasteiger partial charge in [0.1, 0.15) is 5.38 Å². The van der Waals surface area contributed by atoms with Gasteiger partial charge in [-0.1, -0.05) is 42.5 Å². The van der Waals surface area contributed by atoms with Crippen LogP contribution in [0.2, 0.25) is 0 Å². The highest BCUT2D eigenvalue weighted by atomic mass is 35.5. The lowest BCUT2D eigenvalue weighted by atomic mass is 10.0. The van der Waals surface area contributed by atoms with Gasteiger partial charge in [0.05, 0.1) is 6.04 Å². The van der Waals surface area contributed by atoms with Crippen LogP contribution in [0, 0.1) is 0 Å². The predicted octanol–water partition coefficient (Wildman–Crippen LogP) is 2.82. The summed E-state index contributed by atoms with van der Waals surface area (Å²) in [5.41, 5.74) is 4.50. The van der Waals surface area contributed by atoms with E-state index in [2.05, 4.69) is 10.7 Å². The van der Waals surface area contributed by atoms with E-state index in [0.29, 0.717) is 11.3 Å². The quantitative estimate of drug-likeness (QED) is 0.615. The molecule has 2 aromatic rings. The summed E-state index contributed by atoms with van der Waals surface area (Å²) in [6.07, 6.45) is 3.64. The Morgan fingerprint density at radius 3 is 2.37 bits per heavy atom. The van der Waals surface area contributed by atoms with Crippen molar-refractivity contribution in [3.8, 4) is 0 Å². The molecule has 0 saturated carbocycles. The van der Waals surface area contributed by atoms with E-state index in [9.17, 15) is 14.4 Å². The van der Waals surface area contributed by atoms with Crippen LogP contribution >= 0.6 is 11.6 Å². The molecule has 0 spiro atoms. The molecule has 1 aliphatic heterocycles. The summed E-state index contributed by atoms with van der Waals surface area (Å²) in [6.45, 7) is 1.40. The Hall–Kier alpha value is -3.12. The van der Waals surface area contributed by atoms with Gasteiger partial charge in [-0.3, -0.25) is 19.8 Å². The summed E-state index contributed by atoms with van der Waals surface area (Å²) in [5.74, 6) is -0.985. The number of amides is 3. The van der Waals surface area contributed by atoms with Crippen LogP contribution in [-0.2, 0) is 9.59 Å². The highest BCUT2D eigenvalue weighted by molar-refractivity contribution is 6.34. The van der Waals surface area contributed by atoms with Gasteiger partial charge in [-0.15, -0.1) is 11.6 Å². The number of carbonyl (C=O) groups is 3. The lowest BCUT2D eigenvalue weighted by Gasteiger charge is -2.42. The standard InChI is InChI=1S/C20H18ClN3O3/c1-13(25)22-16-10-8-15(9-11-16)19(26)23-24-17(18(21)20(24)27)12-7-14-5-3-2-4-6-14/h2-12,17-18H,1H3,(H,22,25)(H,23,26)/b12-7-. The number of anilines is 1. The summed E-state index contributed by atoms with van der Waals surface area (Å²) in [6, 6.07) is 15.5. The zero-order chi connectivity index (χ0) is 19.4. The van der Waals surface area contributed by atoms with Crippen molar-refractivity contribution in [2.45, 2.75) is 18.3 Å². The van der Waals surface area contributed by atoms with Crippen molar-refractivity contribution in [2.75, 3.05) is 5.32 Å². The van der Waals surface area contributed by atoms with Crippen LogP contribution in [0.25, 0.3) is 6.08 Å². The Bertz CT molecular complexity index is 881. The number of hydrogen-bond acceptors (Lipinski definition) is 3. The number of nitrogens with zero attached hydrogens (tertiary/aromatic N) is 1. The van der Waals surface area contributed by atoms with E-state index in [1.165, 1.54) is 11.9 Å². The van der Waals surface area contributed by atoms with Crippen molar-refractivity contribution in [1.82, 2.24) is 10.4 Å². The van der Waals surface area contributed by atoms with Gasteiger partial charge in [0.2, 0.25) is 5.91 Å². The van der Waals surface area contributed by atoms with Crippen molar-refractivity contribution in [3.05, 3.63) is 71.8 Å². The topological polar surface area (TPSA) is 78.5 Å². The highest BCUT2D eigenvalue weighted by Crippen LogP contribution is 2.25. The molecular formula is C20H18ClN3O3. The fourth-order valence-electron chi connectivity index (χ4n) is 2.64. The maximum atomic E-state index is 12.4. The average Bonchev–Trinajstić information content (AvgIpc) is 2.67. The average molecular weight is 384 g/mol. The minimum atomic E-state index is -0.715. The number of hydrogen-bond donors (Lipinski definition) is 2. The van der Waals surface area contributed by atoms with Gasteiger partial charge in [0.15, 0.2) is 0 Å². The molecule has 3 rings (SSSR count). The molecule has 2 N–H and O–H groups in total. The Labute approximate surface area is 161 Å². The van der Waals surface area contributed by atoms with Gasteiger partial charge in [0, 0.05) is 18.2 Å². The molecule has 1 aliphatic rings. The molecule has 2 atom stereocenters. The molecule has 1 saturated heterocycles. The number of benzene rings is 2. The number of nitrogens with one attached hydrogen (secondary N) is 2. The number of alkyl halides is 1. The van der Waals surface area contributed by atoms with Crippen molar-refractivity contribution in [3.63, 3.8) is 0 Å². The summed E-state index contributed by atoms with van der Waals surface area (Å²) >= 11 is 6.09. The molecule has 2 unspecified atom stereocenters. The van der Waals surface area contributed by atoms with Gasteiger partial charge < -0.3 is 5.32 Å². The zero-order valence-corrected chi connectivity index (χ0v) is 15.3. The van der Waals surface area contributed by atoms with E-state index in [1.807, 2.05) is 36.4 Å². The Kier molecular flexibility index (Phi) is 5.57. The van der Waals surface area contributed by atoms with E-state index in [0.717, 1.165) is 5.56 Å². The first kappa shape index (κ1) is 18.7. The number of β-lactam (4-membered cyclic amide) rings is 1. The van der Waals surface area contributed by atoms with E-state index in [4.69, 9.17) is 11.6 Å². The minimum absolute atomic E-state index is 0.195. The van der Waals surface area contributed by atoms with E-state index >= 15 is 0 Å². The third kappa shape index (κ3) is 4.35. The van der Waals surface area contributed by atoms with Gasteiger partial charge in [0.25, 0.3) is 11.8 Å². The third-order valence-electron chi connectivity index (χ3n) is 4.05. The molecule has 138 valence electrons. The van der Waals surface area contributed by atoms with Crippen LogP contribution in [0.15, 0.2) is 60.7 Å². The van der Waals surface area contributed by atoms with Crippen molar-refractivity contribution < 1.29 is 14.4 Å². The van der Waals surface area contributed by atoms with Crippen molar-refractivity contribution >= 4 is 41.1 Å². The molecule has 27 heavy (non-hydrogen) atoms. The Balaban J connectivity index is 1.66. The first-order valence-corrected chi connectivity index (χ1v) is 8.78. The molecule has 1 heterocycles. The first-order chi connectivity index (χ1) is 13.0. The molecule has 0 radical (unpaired) electrons. The summed E-state index contributed by atoms with van der Waals surface area (Å²) in [7, 11) is 0. The summed E-state index contributed by atoms with van der Waals surface area (Å²) in [4.78, 5) is 35.5. The maximum Gasteiger partial charge on any atom is 0.269 e. The summed E-state index contributed by atoms with van der Waals surface area (Å²) < 4.78 is 0. The van der Waals surface area contributed by atoms with E-state index < -0.39 is 17.3 Å². The van der Waals surface area contributed by atoms with Gasteiger partial charge in [-0.2, -0.15) is 0 Å². The van der Waals surface area contributed by atoms with Crippen molar-refractivity contribution in [1.29, 1.82) is 0 Å². The van der Waals surface area contributed by atoms with Gasteiger partial charge >= 0.3 is 0 Å². The lowest BCUT2D eigenvalue weighted by molar-refractivity contribution is -0.146. The smallest absolute Gasteiger partial charge is 0.269 e. The number of rotatable bonds is 5. The molecule has 0 aliphatic carbocycles. The van der Waals surface area contributed by atoms with E-state index in [1.54, 1.807) is 30.3 Å². The molecule has 6 nitrogen and oxygen atoms in total. The Morgan fingerprint density at radius 2 is 1.74 bits per heavy atom. The predicted molar refractivity (Wildman–Crippen MR) is 104 cm³/mol. The van der Waals surface area contributed by atoms with Gasteiger partial charge in [-0.05, 0) is 29.8 Å². The zero-order valence-electron chi connectivity index (χ0n) is 14.6. The van der Waals surface area contributed by atoms with Crippen molar-refractivity contribution in [2.24, 2.45) is 0 Å². The normalized spacial score (nSPS) is 18.9. The largest absolute Gasteiger partial charge is 0.326 e. The Morgan fingerprint density at radius 1 is 1.07 bits per heavy atom. The monoisotopic (exact) mass is 383 g/mol. The first-order valence-electron chi connectivity index (χ1n) is 8.35. The number of carbonyl (C=O) groups excluding carboxylic acids is 3. The fourth-order valence-corrected chi connectivity index (χ4v) is 2.95.